The van der Waals surface area contributed by atoms with E-state index in [0.29, 0.717) is 11.4 Å². The number of alkyl carbamates (subject to hydrolysis) is 1. The van der Waals surface area contributed by atoms with Crippen LogP contribution >= 0.6 is 11.6 Å². The van der Waals surface area contributed by atoms with E-state index in [2.05, 4.69) is 10.6 Å². The lowest BCUT2D eigenvalue weighted by Crippen LogP contribution is -2.53. The summed E-state index contributed by atoms with van der Waals surface area (Å²) in [5, 5.41) is 5.69. The second-order valence-electron chi connectivity index (χ2n) is 7.11. The Hall–Kier alpha value is -1.80. The molecule has 0 radical (unpaired) electrons. The summed E-state index contributed by atoms with van der Waals surface area (Å²) >= 11 is 5.79. The smallest absolute Gasteiger partial charge is 0.408 e. The minimum atomic E-state index is -3.60. The van der Waals surface area contributed by atoms with Gasteiger partial charge in [0, 0.05) is 11.1 Å². The molecule has 0 saturated carbocycles. The Morgan fingerprint density at radius 1 is 1.07 bits per heavy atom. The molecule has 0 aliphatic rings. The SMILES string of the molecule is CCC(C)C(NC(=O)OC(C)C)C(=O)NC(C)CS(=O)(=O)c1ccc(Cl)cc1. The van der Waals surface area contributed by atoms with Gasteiger partial charge in [-0.2, -0.15) is 0 Å². The highest BCUT2D eigenvalue weighted by Crippen LogP contribution is 2.16. The van der Waals surface area contributed by atoms with Gasteiger partial charge in [-0.05, 0) is 51.0 Å². The van der Waals surface area contributed by atoms with Crippen molar-refractivity contribution in [1.82, 2.24) is 10.6 Å². The Balaban J connectivity index is 2.80. The van der Waals surface area contributed by atoms with E-state index in [0.717, 1.165) is 0 Å². The number of hydrogen-bond acceptors (Lipinski definition) is 5. The van der Waals surface area contributed by atoms with Crippen LogP contribution in [0.3, 0.4) is 0 Å². The Kier molecular flexibility index (Phi) is 9.23. The molecule has 1 aromatic carbocycles. The van der Waals surface area contributed by atoms with Gasteiger partial charge in [0.1, 0.15) is 6.04 Å². The zero-order chi connectivity index (χ0) is 21.5. The highest BCUT2D eigenvalue weighted by Gasteiger charge is 2.29. The molecule has 3 unspecified atom stereocenters. The molecular weight excluding hydrogens is 404 g/mol. The maximum atomic E-state index is 12.6. The summed E-state index contributed by atoms with van der Waals surface area (Å²) in [6.45, 7) is 8.75. The number of carbonyl (C=O) groups excluding carboxylic acids is 2. The summed E-state index contributed by atoms with van der Waals surface area (Å²) in [6.07, 6.45) is -0.349. The molecule has 0 fully saturated rings. The molecule has 0 aliphatic heterocycles. The van der Waals surface area contributed by atoms with Gasteiger partial charge in [-0.1, -0.05) is 31.9 Å². The second-order valence-corrected chi connectivity index (χ2v) is 9.58. The van der Waals surface area contributed by atoms with Crippen molar-refractivity contribution in [2.45, 2.75) is 64.1 Å². The highest BCUT2D eigenvalue weighted by atomic mass is 35.5. The van der Waals surface area contributed by atoms with Crippen LogP contribution in [0, 0.1) is 5.92 Å². The number of benzene rings is 1. The first-order valence-electron chi connectivity index (χ1n) is 9.22. The molecule has 3 atom stereocenters. The zero-order valence-electron chi connectivity index (χ0n) is 16.9. The lowest BCUT2D eigenvalue weighted by molar-refractivity contribution is -0.124. The molecule has 1 rings (SSSR count). The van der Waals surface area contributed by atoms with Crippen LogP contribution < -0.4 is 10.6 Å². The summed E-state index contributed by atoms with van der Waals surface area (Å²) in [5.41, 5.74) is 0. The normalized spacial score (nSPS) is 14.8. The molecule has 0 aliphatic carbocycles. The first-order chi connectivity index (χ1) is 13.0. The van der Waals surface area contributed by atoms with Gasteiger partial charge in [0.05, 0.1) is 16.8 Å². The predicted molar refractivity (Wildman–Crippen MR) is 109 cm³/mol. The van der Waals surface area contributed by atoms with Crippen molar-refractivity contribution >= 4 is 33.4 Å². The van der Waals surface area contributed by atoms with Gasteiger partial charge >= 0.3 is 6.09 Å². The van der Waals surface area contributed by atoms with Crippen molar-refractivity contribution in [3.8, 4) is 0 Å². The third-order valence-corrected chi connectivity index (χ3v) is 6.32. The van der Waals surface area contributed by atoms with E-state index in [-0.39, 0.29) is 22.7 Å². The van der Waals surface area contributed by atoms with E-state index < -0.39 is 33.9 Å². The van der Waals surface area contributed by atoms with Gasteiger partial charge in [-0.25, -0.2) is 13.2 Å². The molecular formula is C19H29ClN2O5S. The van der Waals surface area contributed by atoms with Gasteiger partial charge in [-0.15, -0.1) is 0 Å². The largest absolute Gasteiger partial charge is 0.447 e. The molecule has 2 N–H and O–H groups in total. The Morgan fingerprint density at radius 2 is 1.64 bits per heavy atom. The highest BCUT2D eigenvalue weighted by molar-refractivity contribution is 7.91. The summed E-state index contributed by atoms with van der Waals surface area (Å²) < 4.78 is 30.1. The van der Waals surface area contributed by atoms with Gasteiger partial charge in [0.25, 0.3) is 0 Å². The van der Waals surface area contributed by atoms with Crippen molar-refractivity contribution in [2.24, 2.45) is 5.92 Å². The third kappa shape index (κ3) is 7.67. The quantitative estimate of drug-likeness (QED) is 0.624. The fourth-order valence-electron chi connectivity index (χ4n) is 2.52. The zero-order valence-corrected chi connectivity index (χ0v) is 18.4. The maximum absolute atomic E-state index is 12.6. The summed E-state index contributed by atoms with van der Waals surface area (Å²) in [6, 6.07) is 4.39. The van der Waals surface area contributed by atoms with Crippen molar-refractivity contribution in [1.29, 1.82) is 0 Å². The topological polar surface area (TPSA) is 102 Å². The lowest BCUT2D eigenvalue weighted by atomic mass is 9.98. The number of amides is 2. The molecule has 158 valence electrons. The number of nitrogens with one attached hydrogen (secondary N) is 2. The van der Waals surface area contributed by atoms with Gasteiger partial charge in [0.2, 0.25) is 5.91 Å². The van der Waals surface area contributed by atoms with E-state index in [1.54, 1.807) is 20.8 Å². The predicted octanol–water partition coefficient (Wildman–Crippen LogP) is 3.17. The molecule has 0 bridgehead atoms. The molecule has 0 heterocycles. The van der Waals surface area contributed by atoms with Gasteiger partial charge < -0.3 is 15.4 Å². The Bertz CT molecular complexity index is 765. The molecule has 1 aromatic rings. The number of sulfone groups is 1. The monoisotopic (exact) mass is 432 g/mol. The van der Waals surface area contributed by atoms with Crippen LogP contribution in [0.2, 0.25) is 5.02 Å². The van der Waals surface area contributed by atoms with Gasteiger partial charge in [-0.3, -0.25) is 4.79 Å². The fourth-order valence-corrected chi connectivity index (χ4v) is 4.13. The molecule has 0 spiro atoms. The molecule has 0 saturated heterocycles. The molecule has 7 nitrogen and oxygen atoms in total. The molecule has 0 aromatic heterocycles. The molecule has 28 heavy (non-hydrogen) atoms. The number of halogens is 1. The van der Waals surface area contributed by atoms with Crippen LogP contribution in [0.25, 0.3) is 0 Å². The van der Waals surface area contributed by atoms with Crippen LogP contribution in [0.15, 0.2) is 29.2 Å². The summed E-state index contributed by atoms with van der Waals surface area (Å²) in [7, 11) is -3.60. The van der Waals surface area contributed by atoms with Crippen LogP contribution in [0.1, 0.15) is 41.0 Å². The first kappa shape index (κ1) is 24.2. The minimum Gasteiger partial charge on any atom is -0.447 e. The molecule has 2 amide bonds. The standard InChI is InChI=1S/C19H29ClN2O5S/c1-6-13(4)17(22-19(24)27-12(2)3)18(23)21-14(5)11-28(25,26)16-9-7-15(20)8-10-16/h7-10,12-14,17H,6,11H2,1-5H3,(H,21,23)(H,22,24). The average Bonchev–Trinajstić information content (AvgIpc) is 2.58. The van der Waals surface area contributed by atoms with Crippen LogP contribution in [0.5, 0.6) is 0 Å². The van der Waals surface area contributed by atoms with Crippen molar-refractivity contribution in [3.63, 3.8) is 0 Å². The fraction of sp³-hybridized carbons (Fsp3) is 0.579. The second kappa shape index (κ2) is 10.7. The maximum Gasteiger partial charge on any atom is 0.408 e. The number of ether oxygens (including phenoxy) is 1. The third-order valence-electron chi connectivity index (χ3n) is 4.14. The summed E-state index contributed by atoms with van der Waals surface area (Å²) in [5.74, 6) is -0.877. The van der Waals surface area contributed by atoms with Crippen LogP contribution in [-0.2, 0) is 19.4 Å². The van der Waals surface area contributed by atoms with Crippen molar-refractivity contribution < 1.29 is 22.7 Å². The van der Waals surface area contributed by atoms with Crippen LogP contribution in [-0.4, -0.2) is 44.4 Å². The Labute approximate surface area is 172 Å². The minimum absolute atomic E-state index is 0.134. The first-order valence-corrected chi connectivity index (χ1v) is 11.2. The number of carbonyl (C=O) groups is 2. The van der Waals surface area contributed by atoms with E-state index in [1.807, 2.05) is 13.8 Å². The van der Waals surface area contributed by atoms with E-state index >= 15 is 0 Å². The van der Waals surface area contributed by atoms with Crippen molar-refractivity contribution in [3.05, 3.63) is 29.3 Å². The number of rotatable bonds is 9. The van der Waals surface area contributed by atoms with Gasteiger partial charge in [0.15, 0.2) is 9.84 Å². The van der Waals surface area contributed by atoms with Crippen molar-refractivity contribution in [2.75, 3.05) is 5.75 Å². The summed E-state index contributed by atoms with van der Waals surface area (Å²) in [4.78, 5) is 24.7. The Morgan fingerprint density at radius 3 is 2.14 bits per heavy atom. The van der Waals surface area contributed by atoms with Crippen LogP contribution in [0.4, 0.5) is 4.79 Å². The van der Waals surface area contributed by atoms with E-state index in [1.165, 1.54) is 24.3 Å². The molecule has 9 heteroatoms. The average molecular weight is 433 g/mol. The van der Waals surface area contributed by atoms with E-state index in [4.69, 9.17) is 16.3 Å². The lowest BCUT2D eigenvalue weighted by Gasteiger charge is -2.25. The van der Waals surface area contributed by atoms with E-state index in [9.17, 15) is 18.0 Å². The number of hydrogen-bond donors (Lipinski definition) is 2.